The van der Waals surface area contributed by atoms with E-state index >= 15 is 0 Å². The number of halogens is 3. The third-order valence-corrected chi connectivity index (χ3v) is 2.80. The zero-order valence-corrected chi connectivity index (χ0v) is 10.2. The van der Waals surface area contributed by atoms with Crippen LogP contribution in [0.2, 0.25) is 0 Å². The molecule has 0 aliphatic heterocycles. The van der Waals surface area contributed by atoms with Gasteiger partial charge in [-0.2, -0.15) is 13.2 Å². The van der Waals surface area contributed by atoms with Crippen molar-refractivity contribution in [2.75, 3.05) is 11.5 Å². The highest BCUT2D eigenvalue weighted by Crippen LogP contribution is 2.30. The monoisotopic (exact) mass is 280 g/mol. The fourth-order valence-electron chi connectivity index (χ4n) is 1.72. The van der Waals surface area contributed by atoms with Gasteiger partial charge < -0.3 is 11.5 Å². The molecular formula is C14H11F3N2O. The maximum absolute atomic E-state index is 12.6. The Labute approximate surface area is 113 Å². The zero-order chi connectivity index (χ0) is 14.9. The van der Waals surface area contributed by atoms with Crippen LogP contribution in [0.25, 0.3) is 0 Å². The van der Waals surface area contributed by atoms with Crippen LogP contribution in [-0.4, -0.2) is 5.78 Å². The summed E-state index contributed by atoms with van der Waals surface area (Å²) < 4.78 is 37.8. The van der Waals surface area contributed by atoms with Gasteiger partial charge in [0.25, 0.3) is 0 Å². The van der Waals surface area contributed by atoms with Gasteiger partial charge in [0.1, 0.15) is 0 Å². The summed E-state index contributed by atoms with van der Waals surface area (Å²) in [6.45, 7) is 0. The van der Waals surface area contributed by atoms with Crippen molar-refractivity contribution >= 4 is 17.2 Å². The van der Waals surface area contributed by atoms with Crippen molar-refractivity contribution in [1.29, 1.82) is 0 Å². The van der Waals surface area contributed by atoms with Crippen LogP contribution < -0.4 is 11.5 Å². The molecule has 0 bridgehead atoms. The number of alkyl halides is 3. The lowest BCUT2D eigenvalue weighted by atomic mass is 10.0. The van der Waals surface area contributed by atoms with Gasteiger partial charge in [-0.15, -0.1) is 0 Å². The summed E-state index contributed by atoms with van der Waals surface area (Å²) in [6, 6.07) is 8.45. The summed E-state index contributed by atoms with van der Waals surface area (Å²) in [5, 5.41) is 0. The Balaban J connectivity index is 2.41. The molecule has 0 saturated carbocycles. The SMILES string of the molecule is Nc1ccc(C(=O)c2cccc(C(F)(F)F)c2)cc1N. The molecule has 0 heterocycles. The Morgan fingerprint density at radius 1 is 0.900 bits per heavy atom. The van der Waals surface area contributed by atoms with Crippen molar-refractivity contribution in [3.63, 3.8) is 0 Å². The van der Waals surface area contributed by atoms with E-state index in [0.29, 0.717) is 5.69 Å². The summed E-state index contributed by atoms with van der Waals surface area (Å²) in [7, 11) is 0. The van der Waals surface area contributed by atoms with Crippen LogP contribution in [0, 0.1) is 0 Å². The second kappa shape index (κ2) is 4.88. The minimum Gasteiger partial charge on any atom is -0.397 e. The number of carbonyl (C=O) groups is 1. The van der Waals surface area contributed by atoms with Gasteiger partial charge in [-0.05, 0) is 30.3 Å². The van der Waals surface area contributed by atoms with E-state index < -0.39 is 17.5 Å². The molecule has 0 aromatic heterocycles. The van der Waals surface area contributed by atoms with Gasteiger partial charge in [-0.25, -0.2) is 0 Å². The lowest BCUT2D eigenvalue weighted by Gasteiger charge is -2.09. The van der Waals surface area contributed by atoms with Gasteiger partial charge in [-0.3, -0.25) is 4.79 Å². The highest BCUT2D eigenvalue weighted by atomic mass is 19.4. The maximum Gasteiger partial charge on any atom is 0.416 e. The number of nitrogens with two attached hydrogens (primary N) is 2. The molecule has 0 unspecified atom stereocenters. The van der Waals surface area contributed by atoms with E-state index in [4.69, 9.17) is 11.5 Å². The first-order valence-corrected chi connectivity index (χ1v) is 5.66. The Hall–Kier alpha value is -2.50. The molecule has 0 atom stereocenters. The molecule has 3 nitrogen and oxygen atoms in total. The van der Waals surface area contributed by atoms with Crippen LogP contribution >= 0.6 is 0 Å². The van der Waals surface area contributed by atoms with E-state index in [1.54, 1.807) is 0 Å². The predicted molar refractivity (Wildman–Crippen MR) is 70.1 cm³/mol. The fourth-order valence-corrected chi connectivity index (χ4v) is 1.72. The van der Waals surface area contributed by atoms with Gasteiger partial charge in [0.2, 0.25) is 0 Å². The summed E-state index contributed by atoms with van der Waals surface area (Å²) in [5.41, 5.74) is 10.9. The number of nitrogen functional groups attached to an aromatic ring is 2. The van der Waals surface area contributed by atoms with Gasteiger partial charge in [0.15, 0.2) is 5.78 Å². The Morgan fingerprint density at radius 3 is 2.15 bits per heavy atom. The molecule has 0 aliphatic rings. The first kappa shape index (κ1) is 13.9. The average Bonchev–Trinajstić information content (AvgIpc) is 2.40. The standard InChI is InChI=1S/C14H11F3N2O/c15-14(16,17)10-3-1-2-8(6-10)13(20)9-4-5-11(18)12(19)7-9/h1-7H,18-19H2. The summed E-state index contributed by atoms with van der Waals surface area (Å²) in [4.78, 5) is 12.1. The van der Waals surface area contributed by atoms with Crippen molar-refractivity contribution in [2.24, 2.45) is 0 Å². The highest BCUT2D eigenvalue weighted by Gasteiger charge is 2.30. The Bertz CT molecular complexity index is 666. The Morgan fingerprint density at radius 2 is 1.55 bits per heavy atom. The van der Waals surface area contributed by atoms with E-state index in [-0.39, 0.29) is 16.8 Å². The molecule has 2 aromatic rings. The molecule has 20 heavy (non-hydrogen) atoms. The van der Waals surface area contributed by atoms with Crippen molar-refractivity contribution in [2.45, 2.75) is 6.18 Å². The minimum atomic E-state index is -4.49. The van der Waals surface area contributed by atoms with Gasteiger partial charge >= 0.3 is 6.18 Å². The molecule has 2 aromatic carbocycles. The summed E-state index contributed by atoms with van der Waals surface area (Å²) in [5.74, 6) is -0.539. The highest BCUT2D eigenvalue weighted by molar-refractivity contribution is 6.09. The molecule has 0 fully saturated rings. The van der Waals surface area contributed by atoms with E-state index in [0.717, 1.165) is 12.1 Å². The second-order valence-corrected chi connectivity index (χ2v) is 4.25. The number of hydrogen-bond acceptors (Lipinski definition) is 3. The van der Waals surface area contributed by atoms with Crippen molar-refractivity contribution in [1.82, 2.24) is 0 Å². The fraction of sp³-hybridized carbons (Fsp3) is 0.0714. The first-order chi connectivity index (χ1) is 9.29. The van der Waals surface area contributed by atoms with Crippen LogP contribution in [0.15, 0.2) is 42.5 Å². The quantitative estimate of drug-likeness (QED) is 0.656. The summed E-state index contributed by atoms with van der Waals surface area (Å²) >= 11 is 0. The molecule has 0 radical (unpaired) electrons. The van der Waals surface area contributed by atoms with Crippen molar-refractivity contribution in [3.05, 3.63) is 59.2 Å². The largest absolute Gasteiger partial charge is 0.416 e. The predicted octanol–water partition coefficient (Wildman–Crippen LogP) is 3.10. The lowest BCUT2D eigenvalue weighted by molar-refractivity contribution is -0.137. The van der Waals surface area contributed by atoms with Crippen LogP contribution in [-0.2, 0) is 6.18 Å². The molecule has 0 spiro atoms. The smallest absolute Gasteiger partial charge is 0.397 e. The van der Waals surface area contributed by atoms with E-state index in [2.05, 4.69) is 0 Å². The van der Waals surface area contributed by atoms with Crippen LogP contribution in [0.4, 0.5) is 24.5 Å². The molecule has 6 heteroatoms. The van der Waals surface area contributed by atoms with Crippen molar-refractivity contribution in [3.8, 4) is 0 Å². The molecule has 2 rings (SSSR count). The van der Waals surface area contributed by atoms with Crippen LogP contribution in [0.3, 0.4) is 0 Å². The molecule has 104 valence electrons. The number of anilines is 2. The second-order valence-electron chi connectivity index (χ2n) is 4.25. The summed E-state index contributed by atoms with van der Waals surface area (Å²) in [6.07, 6.45) is -4.49. The van der Waals surface area contributed by atoms with E-state index in [1.807, 2.05) is 0 Å². The van der Waals surface area contributed by atoms with Gasteiger partial charge in [0, 0.05) is 11.1 Å². The maximum atomic E-state index is 12.6. The molecule has 0 aliphatic carbocycles. The van der Waals surface area contributed by atoms with Crippen LogP contribution in [0.1, 0.15) is 21.5 Å². The minimum absolute atomic E-state index is 0.0519. The number of hydrogen-bond donors (Lipinski definition) is 2. The average molecular weight is 280 g/mol. The van der Waals surface area contributed by atoms with Gasteiger partial charge in [0.05, 0.1) is 16.9 Å². The van der Waals surface area contributed by atoms with E-state index in [1.165, 1.54) is 30.3 Å². The van der Waals surface area contributed by atoms with Crippen LogP contribution in [0.5, 0.6) is 0 Å². The third-order valence-electron chi connectivity index (χ3n) is 2.80. The molecular weight excluding hydrogens is 269 g/mol. The molecule has 4 N–H and O–H groups in total. The lowest BCUT2D eigenvalue weighted by Crippen LogP contribution is -2.08. The number of ketones is 1. The molecule has 0 amide bonds. The molecule has 0 saturated heterocycles. The third kappa shape index (κ3) is 2.74. The first-order valence-electron chi connectivity index (χ1n) is 5.66. The number of rotatable bonds is 2. The zero-order valence-electron chi connectivity index (χ0n) is 10.2. The number of benzene rings is 2. The topological polar surface area (TPSA) is 69.1 Å². The van der Waals surface area contributed by atoms with Crippen molar-refractivity contribution < 1.29 is 18.0 Å². The van der Waals surface area contributed by atoms with Gasteiger partial charge in [-0.1, -0.05) is 12.1 Å². The number of carbonyl (C=O) groups excluding carboxylic acids is 1. The normalized spacial score (nSPS) is 11.3. The van der Waals surface area contributed by atoms with E-state index in [9.17, 15) is 18.0 Å². The Kier molecular flexibility index (Phi) is 3.40.